The molecule has 0 saturated heterocycles. The first kappa shape index (κ1) is 9.99. The van der Waals surface area contributed by atoms with Crippen molar-refractivity contribution >= 4 is 17.8 Å². The Hall–Kier alpha value is -1.09. The van der Waals surface area contributed by atoms with Gasteiger partial charge in [-0.15, -0.1) is 0 Å². The van der Waals surface area contributed by atoms with Crippen molar-refractivity contribution in [2.75, 3.05) is 0 Å². The van der Waals surface area contributed by atoms with Crippen LogP contribution < -0.4 is 0 Å². The molecular formula is C9H11ClN2O. The summed E-state index contributed by atoms with van der Waals surface area (Å²) >= 11 is 5.89. The Morgan fingerprint density at radius 3 is 2.77 bits per heavy atom. The fourth-order valence-electron chi connectivity index (χ4n) is 1.11. The Kier molecular flexibility index (Phi) is 3.25. The fraction of sp³-hybridized carbons (Fsp3) is 0.333. The Labute approximate surface area is 82.1 Å². The minimum absolute atomic E-state index is 0.305. The molecule has 0 aromatic carbocycles. The Morgan fingerprint density at radius 1 is 1.54 bits per heavy atom. The van der Waals surface area contributed by atoms with E-state index in [2.05, 4.69) is 10.1 Å². The van der Waals surface area contributed by atoms with E-state index in [4.69, 9.17) is 16.8 Å². The number of hydrogen-bond acceptors (Lipinski definition) is 3. The summed E-state index contributed by atoms with van der Waals surface area (Å²) in [6.45, 7) is 4.06. The molecule has 1 aromatic heterocycles. The molecule has 1 N–H and O–H groups in total. The molecule has 0 atom stereocenters. The minimum atomic E-state index is 0.305. The summed E-state index contributed by atoms with van der Waals surface area (Å²) in [6.07, 6.45) is 4.59. The van der Waals surface area contributed by atoms with Crippen LogP contribution in [0, 0.1) is 0 Å². The van der Waals surface area contributed by atoms with E-state index in [9.17, 15) is 0 Å². The van der Waals surface area contributed by atoms with Crippen molar-refractivity contribution in [3.8, 4) is 0 Å². The number of hydrogen-bond donors (Lipinski definition) is 1. The van der Waals surface area contributed by atoms with Crippen molar-refractivity contribution in [3.05, 3.63) is 28.5 Å². The van der Waals surface area contributed by atoms with E-state index in [0.29, 0.717) is 10.9 Å². The zero-order chi connectivity index (χ0) is 9.84. The monoisotopic (exact) mass is 198 g/mol. The van der Waals surface area contributed by atoms with Crippen LogP contribution in [0.2, 0.25) is 5.02 Å². The predicted octanol–water partition coefficient (Wildman–Crippen LogP) is 2.67. The highest BCUT2D eigenvalue weighted by molar-refractivity contribution is 6.33. The minimum Gasteiger partial charge on any atom is -0.411 e. The molecule has 0 unspecified atom stereocenters. The van der Waals surface area contributed by atoms with E-state index in [0.717, 1.165) is 11.1 Å². The lowest BCUT2D eigenvalue weighted by Gasteiger charge is -2.08. The second-order valence-electron chi connectivity index (χ2n) is 3.02. The maximum atomic E-state index is 8.44. The lowest BCUT2D eigenvalue weighted by molar-refractivity contribution is 0.322. The molecule has 4 heteroatoms. The maximum Gasteiger partial charge on any atom is 0.0752 e. The van der Waals surface area contributed by atoms with Crippen molar-refractivity contribution in [1.29, 1.82) is 0 Å². The van der Waals surface area contributed by atoms with E-state index >= 15 is 0 Å². The smallest absolute Gasteiger partial charge is 0.0752 e. The topological polar surface area (TPSA) is 45.5 Å². The third kappa shape index (κ3) is 2.18. The van der Waals surface area contributed by atoms with Gasteiger partial charge >= 0.3 is 0 Å². The molecule has 0 aliphatic carbocycles. The number of oxime groups is 1. The molecule has 0 aliphatic rings. The first-order valence-corrected chi connectivity index (χ1v) is 4.35. The first-order valence-electron chi connectivity index (χ1n) is 3.97. The summed E-state index contributed by atoms with van der Waals surface area (Å²) in [6, 6.07) is 0. The van der Waals surface area contributed by atoms with Gasteiger partial charge in [-0.1, -0.05) is 30.6 Å². The van der Waals surface area contributed by atoms with Crippen LogP contribution in [0.25, 0.3) is 0 Å². The zero-order valence-electron chi connectivity index (χ0n) is 7.53. The molecule has 0 radical (unpaired) electrons. The normalized spacial score (nSPS) is 11.4. The molecule has 1 rings (SSSR count). The molecule has 0 saturated carbocycles. The van der Waals surface area contributed by atoms with E-state index in [1.165, 1.54) is 12.4 Å². The highest BCUT2D eigenvalue weighted by Crippen LogP contribution is 2.22. The average molecular weight is 199 g/mol. The molecule has 0 spiro atoms. The second-order valence-corrected chi connectivity index (χ2v) is 3.43. The number of rotatable bonds is 2. The predicted molar refractivity (Wildman–Crippen MR) is 52.7 cm³/mol. The van der Waals surface area contributed by atoms with Gasteiger partial charge in [-0.25, -0.2) is 0 Å². The molecule has 3 nitrogen and oxygen atoms in total. The quantitative estimate of drug-likeness (QED) is 0.451. The molecule has 1 aromatic rings. The van der Waals surface area contributed by atoms with Gasteiger partial charge in [-0.3, -0.25) is 4.98 Å². The number of halogens is 1. The van der Waals surface area contributed by atoms with E-state index < -0.39 is 0 Å². The van der Waals surface area contributed by atoms with Gasteiger partial charge in [-0.2, -0.15) is 0 Å². The maximum absolute atomic E-state index is 8.44. The van der Waals surface area contributed by atoms with Crippen LogP contribution in [0.3, 0.4) is 0 Å². The molecule has 0 amide bonds. The lowest BCUT2D eigenvalue weighted by Crippen LogP contribution is -1.97. The van der Waals surface area contributed by atoms with Gasteiger partial charge in [0.25, 0.3) is 0 Å². The van der Waals surface area contributed by atoms with Crippen molar-refractivity contribution in [2.24, 2.45) is 5.16 Å². The van der Waals surface area contributed by atoms with E-state index in [1.807, 2.05) is 13.8 Å². The summed E-state index contributed by atoms with van der Waals surface area (Å²) in [4.78, 5) is 3.97. The lowest BCUT2D eigenvalue weighted by atomic mass is 10.0. The van der Waals surface area contributed by atoms with Gasteiger partial charge in [0.2, 0.25) is 0 Å². The van der Waals surface area contributed by atoms with Crippen molar-refractivity contribution in [3.63, 3.8) is 0 Å². The molecule has 0 aliphatic heterocycles. The highest BCUT2D eigenvalue weighted by atomic mass is 35.5. The van der Waals surface area contributed by atoms with E-state index in [1.54, 1.807) is 6.20 Å². The largest absolute Gasteiger partial charge is 0.411 e. The molecular weight excluding hydrogens is 188 g/mol. The summed E-state index contributed by atoms with van der Waals surface area (Å²) in [7, 11) is 0. The van der Waals surface area contributed by atoms with Crippen LogP contribution >= 0.6 is 11.6 Å². The standard InChI is InChI=1S/C9H11ClN2O/c1-6(2)7-3-11-5-9(10)8(7)4-12-13/h3-6,13H,1-2H3/b12-4+. The van der Waals surface area contributed by atoms with Gasteiger partial charge in [0.1, 0.15) is 0 Å². The Bertz CT molecular complexity index is 323. The summed E-state index contributed by atoms with van der Waals surface area (Å²) < 4.78 is 0. The van der Waals surface area contributed by atoms with Crippen molar-refractivity contribution in [2.45, 2.75) is 19.8 Å². The summed E-state index contributed by atoms with van der Waals surface area (Å²) in [5.74, 6) is 0.305. The van der Waals surface area contributed by atoms with Gasteiger partial charge < -0.3 is 5.21 Å². The van der Waals surface area contributed by atoms with Crippen LogP contribution in [-0.4, -0.2) is 16.4 Å². The zero-order valence-corrected chi connectivity index (χ0v) is 8.28. The SMILES string of the molecule is CC(C)c1cncc(Cl)c1/C=N/O. The Morgan fingerprint density at radius 2 is 2.23 bits per heavy atom. The molecule has 1 heterocycles. The van der Waals surface area contributed by atoms with Gasteiger partial charge in [0.05, 0.1) is 11.2 Å². The van der Waals surface area contributed by atoms with Gasteiger partial charge in [0, 0.05) is 18.0 Å². The molecule has 13 heavy (non-hydrogen) atoms. The fourth-order valence-corrected chi connectivity index (χ4v) is 1.33. The second kappa shape index (κ2) is 4.23. The van der Waals surface area contributed by atoms with Gasteiger partial charge in [0.15, 0.2) is 0 Å². The Balaban J connectivity index is 3.25. The summed E-state index contributed by atoms with van der Waals surface area (Å²) in [5.41, 5.74) is 1.71. The van der Waals surface area contributed by atoms with Gasteiger partial charge in [-0.05, 0) is 11.5 Å². The van der Waals surface area contributed by atoms with Crippen molar-refractivity contribution < 1.29 is 5.21 Å². The van der Waals surface area contributed by atoms with Crippen LogP contribution in [-0.2, 0) is 0 Å². The average Bonchev–Trinajstić information content (AvgIpc) is 2.08. The van der Waals surface area contributed by atoms with Crippen LogP contribution in [0.1, 0.15) is 30.9 Å². The van der Waals surface area contributed by atoms with Crippen LogP contribution in [0.4, 0.5) is 0 Å². The van der Waals surface area contributed by atoms with Crippen LogP contribution in [0.15, 0.2) is 17.5 Å². The van der Waals surface area contributed by atoms with E-state index in [-0.39, 0.29) is 0 Å². The molecule has 0 bridgehead atoms. The number of nitrogens with zero attached hydrogens (tertiary/aromatic N) is 2. The summed E-state index contributed by atoms with van der Waals surface area (Å²) in [5, 5.41) is 11.9. The molecule has 70 valence electrons. The highest BCUT2D eigenvalue weighted by Gasteiger charge is 2.08. The molecule has 0 fully saturated rings. The van der Waals surface area contributed by atoms with Crippen LogP contribution in [0.5, 0.6) is 0 Å². The first-order chi connectivity index (χ1) is 6.16. The third-order valence-corrected chi connectivity index (χ3v) is 2.08. The number of pyridine rings is 1. The van der Waals surface area contributed by atoms with Crippen molar-refractivity contribution in [1.82, 2.24) is 4.98 Å². The third-order valence-electron chi connectivity index (χ3n) is 1.78. The number of aromatic nitrogens is 1.